The Bertz CT molecular complexity index is 913. The lowest BCUT2D eigenvalue weighted by molar-refractivity contribution is -0.157. The van der Waals surface area contributed by atoms with Crippen molar-refractivity contribution >= 4 is 11.6 Å². The van der Waals surface area contributed by atoms with E-state index in [2.05, 4.69) is 5.10 Å². The molecule has 2 heterocycles. The van der Waals surface area contributed by atoms with Crippen LogP contribution in [-0.4, -0.2) is 28.5 Å². The average molecular weight is 370 g/mol. The molecular formula is C20H19FN2O4. The fourth-order valence-electron chi connectivity index (χ4n) is 3.38. The van der Waals surface area contributed by atoms with Crippen molar-refractivity contribution in [2.75, 3.05) is 6.79 Å². The maximum atomic E-state index is 13.2. The standard InChI is InChI=1S/C20H19FN2O4/c1-13-11-20(25,15-4-6-16(21)7-5-15)23(22-13)19(24)9-3-14-2-8-17-18(10-14)27-12-26-17/h2,4-8,10,25H,3,9,11-12H2,1H3/t20-/m0/s1. The van der Waals surface area contributed by atoms with Gasteiger partial charge in [-0.2, -0.15) is 10.1 Å². The van der Waals surface area contributed by atoms with Gasteiger partial charge in [-0.05, 0) is 43.2 Å². The molecule has 0 fully saturated rings. The average Bonchev–Trinajstić information content (AvgIpc) is 3.24. The van der Waals surface area contributed by atoms with Crippen molar-refractivity contribution in [1.29, 1.82) is 0 Å². The predicted octanol–water partition coefficient (Wildman–Crippen LogP) is 2.94. The first-order valence-corrected chi connectivity index (χ1v) is 8.70. The van der Waals surface area contributed by atoms with Gasteiger partial charge in [-0.1, -0.05) is 18.2 Å². The number of hydrazone groups is 1. The van der Waals surface area contributed by atoms with E-state index in [-0.39, 0.29) is 25.5 Å². The Labute approximate surface area is 155 Å². The zero-order valence-corrected chi connectivity index (χ0v) is 14.8. The number of hydrogen-bond donors (Lipinski definition) is 1. The first-order chi connectivity index (χ1) is 13.0. The number of halogens is 1. The van der Waals surface area contributed by atoms with Gasteiger partial charge in [-0.25, -0.2) is 4.39 Å². The van der Waals surface area contributed by atoms with Crippen LogP contribution in [0.4, 0.5) is 4.39 Å². The largest absolute Gasteiger partial charge is 0.454 e. The maximum Gasteiger partial charge on any atom is 0.245 e. The lowest BCUT2D eigenvalue weighted by Crippen LogP contribution is -2.43. The van der Waals surface area contributed by atoms with Crippen LogP contribution in [0.25, 0.3) is 0 Å². The highest BCUT2D eigenvalue weighted by Gasteiger charge is 2.44. The van der Waals surface area contributed by atoms with Crippen molar-refractivity contribution < 1.29 is 23.8 Å². The van der Waals surface area contributed by atoms with Crippen LogP contribution >= 0.6 is 0 Å². The second-order valence-electron chi connectivity index (χ2n) is 6.73. The number of hydrogen-bond acceptors (Lipinski definition) is 5. The number of carbonyl (C=O) groups excluding carboxylic acids is 1. The van der Waals surface area contributed by atoms with Gasteiger partial charge in [0, 0.05) is 24.1 Å². The summed E-state index contributed by atoms with van der Waals surface area (Å²) in [7, 11) is 0. The molecule has 27 heavy (non-hydrogen) atoms. The van der Waals surface area contributed by atoms with Crippen LogP contribution < -0.4 is 9.47 Å². The number of carbonyl (C=O) groups is 1. The van der Waals surface area contributed by atoms with Gasteiger partial charge in [0.2, 0.25) is 12.7 Å². The summed E-state index contributed by atoms with van der Waals surface area (Å²) in [6, 6.07) is 11.0. The van der Waals surface area contributed by atoms with Gasteiger partial charge >= 0.3 is 0 Å². The number of nitrogens with zero attached hydrogens (tertiary/aromatic N) is 2. The molecular weight excluding hydrogens is 351 g/mol. The molecule has 0 saturated heterocycles. The van der Waals surface area contributed by atoms with Gasteiger partial charge < -0.3 is 14.6 Å². The number of fused-ring (bicyclic) bond motifs is 1. The topological polar surface area (TPSA) is 71.4 Å². The molecule has 0 saturated carbocycles. The third-order valence-electron chi connectivity index (χ3n) is 4.73. The van der Waals surface area contributed by atoms with Crippen molar-refractivity contribution in [3.8, 4) is 11.5 Å². The highest BCUT2D eigenvalue weighted by molar-refractivity contribution is 5.89. The van der Waals surface area contributed by atoms with Gasteiger partial charge in [0.25, 0.3) is 0 Å². The summed E-state index contributed by atoms with van der Waals surface area (Å²) in [5.74, 6) is 0.642. The fourth-order valence-corrected chi connectivity index (χ4v) is 3.38. The summed E-state index contributed by atoms with van der Waals surface area (Å²) in [6.45, 7) is 1.95. The normalized spacial score (nSPS) is 20.7. The fraction of sp³-hybridized carbons (Fsp3) is 0.300. The Morgan fingerprint density at radius 3 is 2.74 bits per heavy atom. The van der Waals surface area contributed by atoms with Gasteiger partial charge in [0.15, 0.2) is 17.2 Å². The molecule has 0 bridgehead atoms. The van der Waals surface area contributed by atoms with E-state index in [1.807, 2.05) is 18.2 Å². The molecule has 0 aliphatic carbocycles. The zero-order chi connectivity index (χ0) is 19.0. The molecule has 2 aromatic rings. The molecule has 0 aromatic heterocycles. The Kier molecular flexibility index (Phi) is 4.31. The second kappa shape index (κ2) is 6.66. The lowest BCUT2D eigenvalue weighted by Gasteiger charge is -2.31. The number of ether oxygens (including phenoxy) is 2. The van der Waals surface area contributed by atoms with E-state index in [0.29, 0.717) is 29.2 Å². The molecule has 2 aliphatic heterocycles. The molecule has 0 spiro atoms. The van der Waals surface area contributed by atoms with Crippen LogP contribution in [0.5, 0.6) is 11.5 Å². The third-order valence-corrected chi connectivity index (χ3v) is 4.73. The minimum Gasteiger partial charge on any atom is -0.454 e. The van der Waals surface area contributed by atoms with E-state index in [9.17, 15) is 14.3 Å². The first-order valence-electron chi connectivity index (χ1n) is 8.70. The maximum absolute atomic E-state index is 13.2. The van der Waals surface area contributed by atoms with Crippen LogP contribution in [0.15, 0.2) is 47.6 Å². The molecule has 0 unspecified atom stereocenters. The van der Waals surface area contributed by atoms with Crippen LogP contribution in [0, 0.1) is 5.82 Å². The van der Waals surface area contributed by atoms with Gasteiger partial charge in [0.05, 0.1) is 0 Å². The van der Waals surface area contributed by atoms with Crippen LogP contribution in [0.3, 0.4) is 0 Å². The highest BCUT2D eigenvalue weighted by atomic mass is 19.1. The molecule has 140 valence electrons. The Morgan fingerprint density at radius 1 is 1.22 bits per heavy atom. The summed E-state index contributed by atoms with van der Waals surface area (Å²) in [5.41, 5.74) is 0.404. The second-order valence-corrected chi connectivity index (χ2v) is 6.73. The third kappa shape index (κ3) is 3.26. The van der Waals surface area contributed by atoms with E-state index >= 15 is 0 Å². The van der Waals surface area contributed by atoms with Gasteiger partial charge in [0.1, 0.15) is 5.82 Å². The van der Waals surface area contributed by atoms with Crippen molar-refractivity contribution in [1.82, 2.24) is 5.01 Å². The van der Waals surface area contributed by atoms with Crippen molar-refractivity contribution in [3.05, 3.63) is 59.4 Å². The van der Waals surface area contributed by atoms with E-state index < -0.39 is 11.5 Å². The molecule has 1 N–H and O–H groups in total. The number of rotatable bonds is 4. The van der Waals surface area contributed by atoms with E-state index in [4.69, 9.17) is 9.47 Å². The van der Waals surface area contributed by atoms with Gasteiger partial charge in [-0.15, -0.1) is 0 Å². The zero-order valence-electron chi connectivity index (χ0n) is 14.8. The first kappa shape index (κ1) is 17.5. The molecule has 1 amide bonds. The molecule has 7 heteroatoms. The predicted molar refractivity (Wildman–Crippen MR) is 95.8 cm³/mol. The highest BCUT2D eigenvalue weighted by Crippen LogP contribution is 2.36. The minimum atomic E-state index is -1.59. The Morgan fingerprint density at radius 2 is 1.96 bits per heavy atom. The summed E-state index contributed by atoms with van der Waals surface area (Å²) in [5, 5.41) is 16.4. The van der Waals surface area contributed by atoms with E-state index in [1.165, 1.54) is 24.3 Å². The molecule has 1 atom stereocenters. The van der Waals surface area contributed by atoms with Crippen molar-refractivity contribution in [3.63, 3.8) is 0 Å². The molecule has 2 aromatic carbocycles. The molecule has 0 radical (unpaired) electrons. The number of benzene rings is 2. The quantitative estimate of drug-likeness (QED) is 0.898. The summed E-state index contributed by atoms with van der Waals surface area (Å²) in [6.07, 6.45) is 0.828. The summed E-state index contributed by atoms with van der Waals surface area (Å²) < 4.78 is 23.9. The minimum absolute atomic E-state index is 0.167. The van der Waals surface area contributed by atoms with E-state index in [0.717, 1.165) is 10.6 Å². The monoisotopic (exact) mass is 370 g/mol. The Balaban J connectivity index is 1.50. The number of aliphatic hydroxyl groups is 1. The smallest absolute Gasteiger partial charge is 0.245 e. The van der Waals surface area contributed by atoms with Gasteiger partial charge in [-0.3, -0.25) is 4.79 Å². The van der Waals surface area contributed by atoms with Crippen molar-refractivity contribution in [2.45, 2.75) is 31.9 Å². The summed E-state index contributed by atoms with van der Waals surface area (Å²) in [4.78, 5) is 12.8. The lowest BCUT2D eigenvalue weighted by atomic mass is 9.97. The van der Waals surface area contributed by atoms with Crippen molar-refractivity contribution in [2.24, 2.45) is 5.10 Å². The van der Waals surface area contributed by atoms with E-state index in [1.54, 1.807) is 6.92 Å². The molecule has 4 rings (SSSR count). The molecule has 6 nitrogen and oxygen atoms in total. The van der Waals surface area contributed by atoms with Crippen LogP contribution in [-0.2, 0) is 16.9 Å². The van der Waals surface area contributed by atoms with Crippen LogP contribution in [0.2, 0.25) is 0 Å². The number of amides is 1. The summed E-state index contributed by atoms with van der Waals surface area (Å²) >= 11 is 0. The number of aryl methyl sites for hydroxylation is 1. The van der Waals surface area contributed by atoms with Crippen LogP contribution in [0.1, 0.15) is 30.9 Å². The molecule has 2 aliphatic rings. The SMILES string of the molecule is CC1=NN(C(=O)CCc2ccc3c(c2)OCO3)[C@@](O)(c2ccc(F)cc2)C1. The Hall–Kier alpha value is -2.93.